The van der Waals surface area contributed by atoms with Crippen LogP contribution in [-0.4, -0.2) is 9.55 Å². The lowest BCUT2D eigenvalue weighted by atomic mass is 10.1. The van der Waals surface area contributed by atoms with Gasteiger partial charge in [0.05, 0.1) is 10.9 Å². The van der Waals surface area contributed by atoms with Crippen LogP contribution in [0.25, 0.3) is 10.9 Å². The molecule has 2 aromatic carbocycles. The van der Waals surface area contributed by atoms with Crippen LogP contribution in [0.1, 0.15) is 23.9 Å². The number of rotatable bonds is 2. The second-order valence-electron chi connectivity index (χ2n) is 5.47. The van der Waals surface area contributed by atoms with Gasteiger partial charge in [-0.1, -0.05) is 42.5 Å². The molecular formula is C17H14N2O2. The zero-order valence-corrected chi connectivity index (χ0v) is 11.3. The third-order valence-corrected chi connectivity index (χ3v) is 4.15. The molecule has 1 saturated carbocycles. The van der Waals surface area contributed by atoms with Crippen molar-refractivity contribution in [3.8, 4) is 0 Å². The van der Waals surface area contributed by atoms with Crippen LogP contribution in [-0.2, 0) is 0 Å². The largest absolute Gasteiger partial charge is 0.329 e. The number of hydrogen-bond donors (Lipinski definition) is 1. The number of fused-ring (bicyclic) bond motifs is 1. The average molecular weight is 278 g/mol. The standard InChI is InChI=1S/C17H14N2O2/c20-16-12-8-4-5-9-14(12)18-17(21)19(16)15-10-13(15)11-6-2-1-3-7-11/h1-9,13,15H,10H2,(H,18,21)/t13-,15-/m0/s1. The van der Waals surface area contributed by atoms with Gasteiger partial charge in [-0.05, 0) is 24.1 Å². The summed E-state index contributed by atoms with van der Waals surface area (Å²) in [5.74, 6) is 0.256. The second kappa shape index (κ2) is 4.45. The summed E-state index contributed by atoms with van der Waals surface area (Å²) >= 11 is 0. The third kappa shape index (κ3) is 1.91. The van der Waals surface area contributed by atoms with E-state index in [0.29, 0.717) is 10.9 Å². The Kier molecular flexibility index (Phi) is 2.57. The van der Waals surface area contributed by atoms with Crippen LogP contribution in [0, 0.1) is 0 Å². The molecule has 1 heterocycles. The van der Waals surface area contributed by atoms with Gasteiger partial charge in [0, 0.05) is 12.0 Å². The molecule has 3 aromatic rings. The van der Waals surface area contributed by atoms with Crippen molar-refractivity contribution >= 4 is 10.9 Å². The van der Waals surface area contributed by atoms with Gasteiger partial charge in [-0.15, -0.1) is 0 Å². The van der Waals surface area contributed by atoms with Crippen LogP contribution >= 0.6 is 0 Å². The highest BCUT2D eigenvalue weighted by molar-refractivity contribution is 5.76. The Balaban J connectivity index is 1.83. The van der Waals surface area contributed by atoms with Gasteiger partial charge < -0.3 is 4.98 Å². The van der Waals surface area contributed by atoms with E-state index in [4.69, 9.17) is 0 Å². The molecule has 1 N–H and O–H groups in total. The number of hydrogen-bond acceptors (Lipinski definition) is 2. The lowest BCUT2D eigenvalue weighted by Gasteiger charge is -2.06. The van der Waals surface area contributed by atoms with Gasteiger partial charge >= 0.3 is 5.69 Å². The molecule has 0 bridgehead atoms. The maximum atomic E-state index is 12.6. The molecule has 2 atom stereocenters. The lowest BCUT2D eigenvalue weighted by molar-refractivity contribution is 0.648. The lowest BCUT2D eigenvalue weighted by Crippen LogP contribution is -2.34. The van der Waals surface area contributed by atoms with Crippen LogP contribution < -0.4 is 11.2 Å². The van der Waals surface area contributed by atoms with Crippen LogP contribution in [0.2, 0.25) is 0 Å². The SMILES string of the molecule is O=c1[nH]c2ccccc2c(=O)n1[C@H]1C[C@H]1c1ccccc1. The van der Waals surface area contributed by atoms with E-state index >= 15 is 0 Å². The van der Waals surface area contributed by atoms with Gasteiger partial charge in [-0.25, -0.2) is 4.79 Å². The highest BCUT2D eigenvalue weighted by atomic mass is 16.2. The van der Waals surface area contributed by atoms with Gasteiger partial charge in [0.25, 0.3) is 5.56 Å². The van der Waals surface area contributed by atoms with E-state index < -0.39 is 0 Å². The summed E-state index contributed by atoms with van der Waals surface area (Å²) in [4.78, 5) is 27.6. The van der Waals surface area contributed by atoms with Crippen molar-refractivity contribution in [2.45, 2.75) is 18.4 Å². The number of nitrogens with zero attached hydrogens (tertiary/aromatic N) is 1. The molecular weight excluding hydrogens is 264 g/mol. The van der Waals surface area contributed by atoms with Crippen molar-refractivity contribution in [1.82, 2.24) is 9.55 Å². The first-order valence-corrected chi connectivity index (χ1v) is 7.04. The van der Waals surface area contributed by atoms with Crippen LogP contribution in [0.15, 0.2) is 64.2 Å². The Bertz CT molecular complexity index is 925. The topological polar surface area (TPSA) is 54.9 Å². The van der Waals surface area contributed by atoms with Crippen LogP contribution in [0.3, 0.4) is 0 Å². The fourth-order valence-corrected chi connectivity index (χ4v) is 3.00. The number of aromatic amines is 1. The molecule has 0 aliphatic heterocycles. The molecule has 1 fully saturated rings. The van der Waals surface area contributed by atoms with Gasteiger partial charge in [0.1, 0.15) is 0 Å². The monoisotopic (exact) mass is 278 g/mol. The van der Waals surface area contributed by atoms with Crippen molar-refractivity contribution in [1.29, 1.82) is 0 Å². The molecule has 0 radical (unpaired) electrons. The molecule has 21 heavy (non-hydrogen) atoms. The van der Waals surface area contributed by atoms with E-state index in [9.17, 15) is 9.59 Å². The highest BCUT2D eigenvalue weighted by Gasteiger charge is 2.41. The maximum absolute atomic E-state index is 12.6. The number of aromatic nitrogens is 2. The smallest absolute Gasteiger partial charge is 0.307 e. The fraction of sp³-hybridized carbons (Fsp3) is 0.176. The van der Waals surface area contributed by atoms with Crippen molar-refractivity contribution in [3.05, 3.63) is 81.0 Å². The van der Waals surface area contributed by atoms with Gasteiger partial charge in [0.15, 0.2) is 0 Å². The number of para-hydroxylation sites is 1. The van der Waals surface area contributed by atoms with Crippen molar-refractivity contribution in [2.75, 3.05) is 0 Å². The Hall–Kier alpha value is -2.62. The minimum atomic E-state index is -0.317. The quantitative estimate of drug-likeness (QED) is 0.782. The predicted molar refractivity (Wildman–Crippen MR) is 81.7 cm³/mol. The first-order valence-electron chi connectivity index (χ1n) is 7.04. The minimum Gasteiger partial charge on any atom is -0.307 e. The highest BCUT2D eigenvalue weighted by Crippen LogP contribution is 2.49. The Labute approximate surface area is 120 Å². The molecule has 0 unspecified atom stereocenters. The molecule has 1 aliphatic carbocycles. The zero-order valence-electron chi connectivity index (χ0n) is 11.3. The maximum Gasteiger partial charge on any atom is 0.329 e. The van der Waals surface area contributed by atoms with Crippen LogP contribution in [0.5, 0.6) is 0 Å². The van der Waals surface area contributed by atoms with E-state index in [2.05, 4.69) is 4.98 Å². The molecule has 0 spiro atoms. The normalized spacial score (nSPS) is 20.6. The molecule has 104 valence electrons. The first kappa shape index (κ1) is 12.1. The summed E-state index contributed by atoms with van der Waals surface area (Å²) in [5.41, 5.74) is 1.27. The van der Waals surface area contributed by atoms with E-state index in [1.165, 1.54) is 10.1 Å². The number of benzene rings is 2. The van der Waals surface area contributed by atoms with E-state index in [1.54, 1.807) is 12.1 Å². The Morgan fingerprint density at radius 1 is 0.952 bits per heavy atom. The summed E-state index contributed by atoms with van der Waals surface area (Å²) in [7, 11) is 0. The number of H-pyrrole nitrogens is 1. The Morgan fingerprint density at radius 2 is 1.67 bits per heavy atom. The first-order chi connectivity index (χ1) is 10.3. The molecule has 1 aromatic heterocycles. The zero-order chi connectivity index (χ0) is 14.4. The molecule has 1 aliphatic rings. The number of nitrogens with one attached hydrogen (secondary N) is 1. The van der Waals surface area contributed by atoms with E-state index in [1.807, 2.05) is 42.5 Å². The van der Waals surface area contributed by atoms with Crippen molar-refractivity contribution < 1.29 is 0 Å². The van der Waals surface area contributed by atoms with Gasteiger partial charge in [-0.2, -0.15) is 0 Å². The molecule has 4 rings (SSSR count). The summed E-state index contributed by atoms with van der Waals surface area (Å²) < 4.78 is 1.38. The minimum absolute atomic E-state index is 0.0340. The third-order valence-electron chi connectivity index (χ3n) is 4.15. The van der Waals surface area contributed by atoms with E-state index in [-0.39, 0.29) is 23.2 Å². The van der Waals surface area contributed by atoms with E-state index in [0.717, 1.165) is 6.42 Å². The fourth-order valence-electron chi connectivity index (χ4n) is 3.00. The summed E-state index contributed by atoms with van der Waals surface area (Å²) in [5, 5.41) is 0.566. The van der Waals surface area contributed by atoms with Crippen molar-refractivity contribution in [2.24, 2.45) is 0 Å². The second-order valence-corrected chi connectivity index (χ2v) is 5.47. The average Bonchev–Trinajstić information content (AvgIpc) is 3.28. The molecule has 4 heteroatoms. The van der Waals surface area contributed by atoms with Gasteiger partial charge in [-0.3, -0.25) is 9.36 Å². The Morgan fingerprint density at radius 3 is 2.48 bits per heavy atom. The summed E-state index contributed by atoms with van der Waals surface area (Å²) in [6, 6.07) is 17.1. The molecule has 0 saturated heterocycles. The predicted octanol–water partition coefficient (Wildman–Crippen LogP) is 2.42. The van der Waals surface area contributed by atoms with Gasteiger partial charge in [0.2, 0.25) is 0 Å². The molecule has 0 amide bonds. The summed E-state index contributed by atoms with van der Waals surface area (Å²) in [6.45, 7) is 0. The van der Waals surface area contributed by atoms with Crippen molar-refractivity contribution in [3.63, 3.8) is 0 Å². The summed E-state index contributed by atoms with van der Waals surface area (Å²) in [6.07, 6.45) is 0.839. The van der Waals surface area contributed by atoms with Crippen LogP contribution in [0.4, 0.5) is 0 Å². The molecule has 4 nitrogen and oxygen atoms in total.